The van der Waals surface area contributed by atoms with Gasteiger partial charge in [-0.2, -0.15) is 0 Å². The molecule has 0 amide bonds. The van der Waals surface area contributed by atoms with Crippen molar-refractivity contribution in [3.63, 3.8) is 0 Å². The Morgan fingerprint density at radius 3 is 2.50 bits per heavy atom. The fraction of sp³-hybridized carbons (Fsp3) is 1.00. The Hall–Kier alpha value is -0.120. The van der Waals surface area contributed by atoms with E-state index in [1.54, 1.807) is 0 Å². The average molecular weight is 227 g/mol. The van der Waals surface area contributed by atoms with E-state index >= 15 is 0 Å². The Kier molecular flexibility index (Phi) is 4.22. The Balaban J connectivity index is 1.89. The summed E-state index contributed by atoms with van der Waals surface area (Å²) in [5.74, 6) is 0. The highest BCUT2D eigenvalue weighted by Crippen LogP contribution is 2.37. The quantitative estimate of drug-likeness (QED) is 0.765. The molecule has 1 saturated carbocycles. The molecule has 0 radical (unpaired) electrons. The fourth-order valence-corrected chi connectivity index (χ4v) is 3.32. The van der Waals surface area contributed by atoms with Gasteiger partial charge in [-0.3, -0.25) is 0 Å². The van der Waals surface area contributed by atoms with E-state index in [1.807, 2.05) is 0 Å². The molecule has 2 N–H and O–H groups in total. The molecule has 0 aromatic carbocycles. The van der Waals surface area contributed by atoms with E-state index in [4.69, 9.17) is 0 Å². The summed E-state index contributed by atoms with van der Waals surface area (Å²) in [6, 6.07) is 0. The summed E-state index contributed by atoms with van der Waals surface area (Å²) in [5, 5.41) is 19.3. The summed E-state index contributed by atoms with van der Waals surface area (Å²) in [6.45, 7) is 3.21. The van der Waals surface area contributed by atoms with Gasteiger partial charge in [-0.1, -0.05) is 19.3 Å². The van der Waals surface area contributed by atoms with E-state index in [9.17, 15) is 10.2 Å². The van der Waals surface area contributed by atoms with E-state index in [1.165, 1.54) is 19.3 Å². The summed E-state index contributed by atoms with van der Waals surface area (Å²) in [7, 11) is 0. The molecule has 1 aliphatic heterocycles. The van der Waals surface area contributed by atoms with Crippen LogP contribution in [0.1, 0.15) is 44.9 Å². The van der Waals surface area contributed by atoms with Gasteiger partial charge in [-0.05, 0) is 32.2 Å². The monoisotopic (exact) mass is 227 g/mol. The van der Waals surface area contributed by atoms with Crippen LogP contribution in [0.2, 0.25) is 0 Å². The molecule has 0 aromatic rings. The smallest absolute Gasteiger partial charge is 0.0667 e. The van der Waals surface area contributed by atoms with E-state index in [0.29, 0.717) is 6.61 Å². The molecular formula is C13H25NO2. The number of hydrogen-bond acceptors (Lipinski definition) is 3. The first kappa shape index (κ1) is 12.3. The van der Waals surface area contributed by atoms with Crippen molar-refractivity contribution in [1.82, 2.24) is 4.90 Å². The second-order valence-corrected chi connectivity index (χ2v) is 5.75. The summed E-state index contributed by atoms with van der Waals surface area (Å²) < 4.78 is 0. The van der Waals surface area contributed by atoms with Crippen LogP contribution in [0.15, 0.2) is 0 Å². The lowest BCUT2D eigenvalue weighted by Crippen LogP contribution is -2.46. The number of β-amino-alcohol motifs (C(OH)–C–C–N with tert-alkyl or cyclic N) is 1. The van der Waals surface area contributed by atoms with Crippen LogP contribution < -0.4 is 0 Å². The number of piperidine rings is 1. The van der Waals surface area contributed by atoms with Crippen LogP contribution in [-0.2, 0) is 0 Å². The molecule has 0 bridgehead atoms. The Morgan fingerprint density at radius 2 is 1.88 bits per heavy atom. The summed E-state index contributed by atoms with van der Waals surface area (Å²) in [4.78, 5) is 2.36. The second kappa shape index (κ2) is 5.48. The predicted octanol–water partition coefficient (Wildman–Crippen LogP) is 1.39. The van der Waals surface area contributed by atoms with Crippen molar-refractivity contribution in [1.29, 1.82) is 0 Å². The zero-order chi connectivity index (χ0) is 11.4. The van der Waals surface area contributed by atoms with Crippen molar-refractivity contribution in [3.8, 4) is 0 Å². The third kappa shape index (κ3) is 2.96. The first-order valence-corrected chi connectivity index (χ1v) is 6.75. The van der Waals surface area contributed by atoms with Crippen LogP contribution in [0.3, 0.4) is 0 Å². The standard InChI is InChI=1S/C13H25NO2/c15-11-13(6-2-1-3-7-13)10-14-8-4-5-12(16)9-14/h12,15-16H,1-11H2. The first-order chi connectivity index (χ1) is 7.74. The number of rotatable bonds is 3. The van der Waals surface area contributed by atoms with Crippen LogP contribution in [0.25, 0.3) is 0 Å². The highest BCUT2D eigenvalue weighted by atomic mass is 16.3. The molecule has 2 fully saturated rings. The van der Waals surface area contributed by atoms with Gasteiger partial charge >= 0.3 is 0 Å². The molecule has 0 aromatic heterocycles. The molecule has 1 saturated heterocycles. The van der Waals surface area contributed by atoms with Crippen LogP contribution in [0.5, 0.6) is 0 Å². The SMILES string of the molecule is OCC1(CN2CCCC(O)C2)CCCCC1. The zero-order valence-corrected chi connectivity index (χ0v) is 10.2. The molecule has 94 valence electrons. The Bertz CT molecular complexity index is 214. The van der Waals surface area contributed by atoms with Crippen LogP contribution in [-0.4, -0.2) is 47.5 Å². The van der Waals surface area contributed by atoms with E-state index in [-0.39, 0.29) is 11.5 Å². The minimum absolute atomic E-state index is 0.134. The average Bonchev–Trinajstić information content (AvgIpc) is 2.30. The highest BCUT2D eigenvalue weighted by molar-refractivity contribution is 4.87. The third-order valence-electron chi connectivity index (χ3n) is 4.29. The first-order valence-electron chi connectivity index (χ1n) is 6.75. The van der Waals surface area contributed by atoms with Gasteiger partial charge in [0.1, 0.15) is 0 Å². The van der Waals surface area contributed by atoms with Crippen LogP contribution in [0.4, 0.5) is 0 Å². The molecule has 2 aliphatic rings. The third-order valence-corrected chi connectivity index (χ3v) is 4.29. The largest absolute Gasteiger partial charge is 0.396 e. The van der Waals surface area contributed by atoms with Gasteiger partial charge in [0.15, 0.2) is 0 Å². The van der Waals surface area contributed by atoms with Crippen molar-refractivity contribution in [2.24, 2.45) is 5.41 Å². The topological polar surface area (TPSA) is 43.7 Å². The number of hydrogen-bond donors (Lipinski definition) is 2. The molecule has 1 atom stereocenters. The molecule has 1 heterocycles. The van der Waals surface area contributed by atoms with Crippen molar-refractivity contribution >= 4 is 0 Å². The fourth-order valence-electron chi connectivity index (χ4n) is 3.32. The summed E-state index contributed by atoms with van der Waals surface area (Å²) >= 11 is 0. The van der Waals surface area contributed by atoms with Crippen LogP contribution in [0, 0.1) is 5.41 Å². The van der Waals surface area contributed by atoms with E-state index in [0.717, 1.165) is 45.3 Å². The molecular weight excluding hydrogens is 202 g/mol. The van der Waals surface area contributed by atoms with Crippen molar-refractivity contribution in [3.05, 3.63) is 0 Å². The van der Waals surface area contributed by atoms with Crippen molar-refractivity contribution < 1.29 is 10.2 Å². The molecule has 3 heteroatoms. The maximum absolute atomic E-state index is 9.66. The summed E-state index contributed by atoms with van der Waals surface area (Å²) in [6.07, 6.45) is 8.07. The predicted molar refractivity (Wildman–Crippen MR) is 64.3 cm³/mol. The number of nitrogens with zero attached hydrogens (tertiary/aromatic N) is 1. The number of aliphatic hydroxyl groups is 2. The molecule has 3 nitrogen and oxygen atoms in total. The number of likely N-dealkylation sites (tertiary alicyclic amines) is 1. The van der Waals surface area contributed by atoms with Gasteiger partial charge in [-0.15, -0.1) is 0 Å². The molecule has 16 heavy (non-hydrogen) atoms. The Morgan fingerprint density at radius 1 is 1.12 bits per heavy atom. The van der Waals surface area contributed by atoms with Crippen LogP contribution >= 0.6 is 0 Å². The maximum Gasteiger partial charge on any atom is 0.0667 e. The highest BCUT2D eigenvalue weighted by Gasteiger charge is 2.34. The molecule has 2 rings (SSSR count). The minimum Gasteiger partial charge on any atom is -0.396 e. The lowest BCUT2D eigenvalue weighted by molar-refractivity contribution is 0.00461. The van der Waals surface area contributed by atoms with Gasteiger partial charge in [0.25, 0.3) is 0 Å². The normalized spacial score (nSPS) is 31.5. The maximum atomic E-state index is 9.66. The summed E-state index contributed by atoms with van der Waals surface area (Å²) in [5.41, 5.74) is 0.134. The van der Waals surface area contributed by atoms with Gasteiger partial charge < -0.3 is 15.1 Å². The lowest BCUT2D eigenvalue weighted by Gasteiger charge is -2.41. The van der Waals surface area contributed by atoms with E-state index in [2.05, 4.69) is 4.90 Å². The van der Waals surface area contributed by atoms with Gasteiger partial charge in [-0.25, -0.2) is 0 Å². The van der Waals surface area contributed by atoms with Crippen molar-refractivity contribution in [2.45, 2.75) is 51.0 Å². The van der Waals surface area contributed by atoms with Gasteiger partial charge in [0.05, 0.1) is 6.10 Å². The van der Waals surface area contributed by atoms with Crippen molar-refractivity contribution in [2.75, 3.05) is 26.2 Å². The molecule has 1 aliphatic carbocycles. The van der Waals surface area contributed by atoms with Gasteiger partial charge in [0.2, 0.25) is 0 Å². The zero-order valence-electron chi connectivity index (χ0n) is 10.2. The Labute approximate surface area is 98.5 Å². The second-order valence-electron chi connectivity index (χ2n) is 5.75. The lowest BCUT2D eigenvalue weighted by atomic mass is 9.74. The minimum atomic E-state index is -0.145. The van der Waals surface area contributed by atoms with Gasteiger partial charge in [0, 0.05) is 25.1 Å². The molecule has 1 unspecified atom stereocenters. The molecule has 0 spiro atoms. The van der Waals surface area contributed by atoms with E-state index < -0.39 is 0 Å². The number of aliphatic hydroxyl groups excluding tert-OH is 2.